The predicted molar refractivity (Wildman–Crippen MR) is 76.9 cm³/mol. The topological polar surface area (TPSA) is 57.6 Å². The van der Waals surface area contributed by atoms with E-state index in [2.05, 4.69) is 15.9 Å². The zero-order chi connectivity index (χ0) is 14.6. The van der Waals surface area contributed by atoms with Crippen LogP contribution in [0.2, 0.25) is 0 Å². The second-order valence-electron chi connectivity index (χ2n) is 5.00. The Morgan fingerprint density at radius 1 is 1.32 bits per heavy atom. The molecule has 0 radical (unpaired) electrons. The van der Waals surface area contributed by atoms with E-state index in [9.17, 15) is 9.59 Å². The number of likely N-dealkylation sites (N-methyl/N-ethyl adjacent to an activating group) is 1. The Bertz CT molecular complexity index is 485. The Morgan fingerprint density at radius 2 is 1.89 bits per heavy atom. The van der Waals surface area contributed by atoms with Crippen LogP contribution in [0, 0.1) is 5.41 Å². The monoisotopic (exact) mass is 327 g/mol. The molecule has 0 aliphatic carbocycles. The van der Waals surface area contributed by atoms with Crippen molar-refractivity contribution in [1.82, 2.24) is 4.90 Å². The van der Waals surface area contributed by atoms with E-state index in [1.807, 2.05) is 24.3 Å². The third-order valence-electron chi connectivity index (χ3n) is 3.09. The minimum Gasteiger partial charge on any atom is -0.480 e. The largest absolute Gasteiger partial charge is 0.480 e. The van der Waals surface area contributed by atoms with Crippen molar-refractivity contribution in [3.8, 4) is 0 Å². The van der Waals surface area contributed by atoms with Crippen molar-refractivity contribution in [2.45, 2.75) is 20.3 Å². The summed E-state index contributed by atoms with van der Waals surface area (Å²) in [6.45, 7) is 3.33. The average molecular weight is 328 g/mol. The first-order valence-electron chi connectivity index (χ1n) is 5.99. The lowest BCUT2D eigenvalue weighted by Gasteiger charge is -2.26. The van der Waals surface area contributed by atoms with Crippen molar-refractivity contribution in [2.24, 2.45) is 5.41 Å². The van der Waals surface area contributed by atoms with Crippen LogP contribution in [-0.2, 0) is 16.0 Å². The molecule has 1 rings (SSSR count). The summed E-state index contributed by atoms with van der Waals surface area (Å²) in [5.41, 5.74) is -0.293. The van der Waals surface area contributed by atoms with Crippen LogP contribution < -0.4 is 0 Å². The molecule has 0 aliphatic rings. The molecule has 0 aliphatic heterocycles. The number of nitrogens with zero attached hydrogens (tertiary/aromatic N) is 1. The molecule has 19 heavy (non-hydrogen) atoms. The summed E-state index contributed by atoms with van der Waals surface area (Å²) in [5, 5.41) is 9.03. The van der Waals surface area contributed by atoms with Crippen molar-refractivity contribution in [3.63, 3.8) is 0 Å². The standard InChI is InChI=1S/C14H18BrNO3/c1-14(2,13(18)19)12(17)16(3)9-8-10-6-4-5-7-11(10)15/h4-7H,8-9H2,1-3H3,(H,18,19). The molecular weight excluding hydrogens is 310 g/mol. The van der Waals surface area contributed by atoms with Crippen LogP contribution in [0.1, 0.15) is 19.4 Å². The Balaban J connectivity index is 2.66. The normalized spacial score (nSPS) is 11.2. The molecule has 1 aromatic rings. The van der Waals surface area contributed by atoms with Gasteiger partial charge in [0.1, 0.15) is 5.41 Å². The van der Waals surface area contributed by atoms with E-state index in [1.165, 1.54) is 18.7 Å². The maximum atomic E-state index is 12.0. The SMILES string of the molecule is CN(CCc1ccccc1Br)C(=O)C(C)(C)C(=O)O. The first-order chi connectivity index (χ1) is 8.76. The van der Waals surface area contributed by atoms with Crippen molar-refractivity contribution in [1.29, 1.82) is 0 Å². The number of carbonyl (C=O) groups is 2. The van der Waals surface area contributed by atoms with Gasteiger partial charge in [-0.1, -0.05) is 34.1 Å². The second kappa shape index (κ2) is 6.19. The average Bonchev–Trinajstić information content (AvgIpc) is 2.36. The lowest BCUT2D eigenvalue weighted by Crippen LogP contribution is -2.44. The van der Waals surface area contributed by atoms with Gasteiger partial charge in [0.15, 0.2) is 0 Å². The zero-order valence-corrected chi connectivity index (χ0v) is 12.9. The number of carboxylic acid groups (broad SMARTS) is 1. The van der Waals surface area contributed by atoms with Gasteiger partial charge in [-0.2, -0.15) is 0 Å². The summed E-state index contributed by atoms with van der Waals surface area (Å²) in [6.07, 6.45) is 0.680. The molecule has 0 fully saturated rings. The highest BCUT2D eigenvalue weighted by atomic mass is 79.9. The summed E-state index contributed by atoms with van der Waals surface area (Å²) in [4.78, 5) is 24.6. The number of hydrogen-bond donors (Lipinski definition) is 1. The van der Waals surface area contributed by atoms with Crippen LogP contribution in [-0.4, -0.2) is 35.5 Å². The summed E-state index contributed by atoms with van der Waals surface area (Å²) < 4.78 is 0.994. The molecule has 104 valence electrons. The van der Waals surface area contributed by atoms with E-state index in [4.69, 9.17) is 5.11 Å². The number of rotatable bonds is 5. The molecule has 0 saturated carbocycles. The van der Waals surface area contributed by atoms with E-state index >= 15 is 0 Å². The minimum atomic E-state index is -1.39. The van der Waals surface area contributed by atoms with Crippen LogP contribution in [0.5, 0.6) is 0 Å². The summed E-state index contributed by atoms with van der Waals surface area (Å²) >= 11 is 3.45. The van der Waals surface area contributed by atoms with E-state index < -0.39 is 11.4 Å². The molecule has 0 aromatic heterocycles. The van der Waals surface area contributed by atoms with Crippen molar-refractivity contribution < 1.29 is 14.7 Å². The number of carboxylic acids is 1. The quantitative estimate of drug-likeness (QED) is 0.845. The Hall–Kier alpha value is -1.36. The molecule has 5 heteroatoms. The molecule has 0 bridgehead atoms. The van der Waals surface area contributed by atoms with Gasteiger partial charge >= 0.3 is 5.97 Å². The van der Waals surface area contributed by atoms with Crippen LogP contribution in [0.15, 0.2) is 28.7 Å². The molecule has 0 heterocycles. The molecular formula is C14H18BrNO3. The van der Waals surface area contributed by atoms with Crippen LogP contribution in [0.4, 0.5) is 0 Å². The first-order valence-corrected chi connectivity index (χ1v) is 6.78. The maximum absolute atomic E-state index is 12.0. The minimum absolute atomic E-state index is 0.382. The zero-order valence-electron chi connectivity index (χ0n) is 11.3. The van der Waals surface area contributed by atoms with E-state index in [-0.39, 0.29) is 5.91 Å². The molecule has 4 nitrogen and oxygen atoms in total. The van der Waals surface area contributed by atoms with Gasteiger partial charge in [-0.3, -0.25) is 9.59 Å². The van der Waals surface area contributed by atoms with Crippen LogP contribution in [0.3, 0.4) is 0 Å². The number of benzene rings is 1. The molecule has 1 amide bonds. The Morgan fingerprint density at radius 3 is 2.42 bits per heavy atom. The number of hydrogen-bond acceptors (Lipinski definition) is 2. The number of halogens is 1. The maximum Gasteiger partial charge on any atom is 0.318 e. The van der Waals surface area contributed by atoms with E-state index in [0.29, 0.717) is 13.0 Å². The van der Waals surface area contributed by atoms with Crippen LogP contribution >= 0.6 is 15.9 Å². The molecule has 0 spiro atoms. The van der Waals surface area contributed by atoms with Gasteiger partial charge in [0.25, 0.3) is 0 Å². The first kappa shape index (κ1) is 15.7. The van der Waals surface area contributed by atoms with Crippen molar-refractivity contribution in [2.75, 3.05) is 13.6 Å². The van der Waals surface area contributed by atoms with Gasteiger partial charge in [-0.05, 0) is 31.9 Å². The molecule has 1 N–H and O–H groups in total. The third-order valence-corrected chi connectivity index (χ3v) is 3.86. The third kappa shape index (κ3) is 3.80. The van der Waals surface area contributed by atoms with Crippen molar-refractivity contribution in [3.05, 3.63) is 34.3 Å². The van der Waals surface area contributed by atoms with Gasteiger partial charge in [0, 0.05) is 18.1 Å². The molecule has 0 unspecified atom stereocenters. The number of aliphatic carboxylic acids is 1. The van der Waals surface area contributed by atoms with E-state index in [0.717, 1.165) is 10.0 Å². The fourth-order valence-electron chi connectivity index (χ4n) is 1.66. The highest BCUT2D eigenvalue weighted by Gasteiger charge is 2.37. The molecule has 0 saturated heterocycles. The number of amides is 1. The van der Waals surface area contributed by atoms with Crippen LogP contribution in [0.25, 0.3) is 0 Å². The summed E-state index contributed by atoms with van der Waals surface area (Å²) in [7, 11) is 1.63. The number of carbonyl (C=O) groups excluding carboxylic acids is 1. The molecule has 1 aromatic carbocycles. The highest BCUT2D eigenvalue weighted by Crippen LogP contribution is 2.20. The molecule has 0 atom stereocenters. The van der Waals surface area contributed by atoms with Gasteiger partial charge in [-0.25, -0.2) is 0 Å². The van der Waals surface area contributed by atoms with Gasteiger partial charge in [0.05, 0.1) is 0 Å². The lowest BCUT2D eigenvalue weighted by atomic mass is 9.92. The smallest absolute Gasteiger partial charge is 0.318 e. The van der Waals surface area contributed by atoms with Gasteiger partial charge < -0.3 is 10.0 Å². The second-order valence-corrected chi connectivity index (χ2v) is 5.85. The fourth-order valence-corrected chi connectivity index (χ4v) is 2.14. The fraction of sp³-hybridized carbons (Fsp3) is 0.429. The predicted octanol–water partition coefficient (Wildman–Crippen LogP) is 2.56. The van der Waals surface area contributed by atoms with Gasteiger partial charge in [-0.15, -0.1) is 0 Å². The van der Waals surface area contributed by atoms with E-state index in [1.54, 1.807) is 7.05 Å². The Labute approximate surface area is 121 Å². The summed E-state index contributed by atoms with van der Waals surface area (Å²) in [5.74, 6) is -1.49. The van der Waals surface area contributed by atoms with Gasteiger partial charge in [0.2, 0.25) is 5.91 Å². The highest BCUT2D eigenvalue weighted by molar-refractivity contribution is 9.10. The Kier molecular flexibility index (Phi) is 5.11. The summed E-state index contributed by atoms with van der Waals surface area (Å²) in [6, 6.07) is 7.78. The van der Waals surface area contributed by atoms with Crippen molar-refractivity contribution >= 4 is 27.8 Å². The lowest BCUT2D eigenvalue weighted by molar-refractivity contribution is -0.157.